The first-order valence-electron chi connectivity index (χ1n) is 6.72. The molecule has 0 saturated heterocycles. The number of carboxylic acids is 1. The van der Waals surface area contributed by atoms with Crippen LogP contribution in [0.3, 0.4) is 0 Å². The Morgan fingerprint density at radius 2 is 1.79 bits per heavy atom. The zero-order chi connectivity index (χ0) is 14.9. The van der Waals surface area contributed by atoms with Crippen LogP contribution in [0.4, 0.5) is 0 Å². The molecule has 5 nitrogen and oxygen atoms in total. The van der Waals surface area contributed by atoms with Crippen molar-refractivity contribution in [2.75, 3.05) is 19.8 Å². The van der Waals surface area contributed by atoms with E-state index in [1.54, 1.807) is 0 Å². The highest BCUT2D eigenvalue weighted by Gasteiger charge is 2.36. The molecule has 0 aliphatic carbocycles. The largest absolute Gasteiger partial charge is 0.478 e. The van der Waals surface area contributed by atoms with Crippen molar-refractivity contribution in [1.29, 1.82) is 0 Å². The number of carboxylic acid groups (broad SMARTS) is 1. The molecule has 0 aliphatic heterocycles. The van der Waals surface area contributed by atoms with Crippen molar-refractivity contribution in [3.8, 4) is 0 Å². The Morgan fingerprint density at radius 1 is 1.21 bits per heavy atom. The third kappa shape index (κ3) is 5.30. The summed E-state index contributed by atoms with van der Waals surface area (Å²) in [5, 5.41) is 37.5. The third-order valence-electron chi connectivity index (χ3n) is 3.62. The summed E-state index contributed by atoms with van der Waals surface area (Å²) in [7, 11) is 0. The van der Waals surface area contributed by atoms with Crippen molar-refractivity contribution in [2.24, 2.45) is 11.3 Å². The van der Waals surface area contributed by atoms with Crippen molar-refractivity contribution in [2.45, 2.75) is 39.5 Å². The van der Waals surface area contributed by atoms with Crippen LogP contribution in [0.2, 0.25) is 0 Å². The van der Waals surface area contributed by atoms with Crippen molar-refractivity contribution in [3.05, 3.63) is 11.6 Å². The fourth-order valence-electron chi connectivity index (χ4n) is 2.21. The average molecular weight is 274 g/mol. The smallest absolute Gasteiger partial charge is 0.330 e. The summed E-state index contributed by atoms with van der Waals surface area (Å²) in [6.07, 6.45) is 4.94. The van der Waals surface area contributed by atoms with E-state index in [0.717, 1.165) is 19.3 Å². The van der Waals surface area contributed by atoms with Crippen molar-refractivity contribution in [3.63, 3.8) is 0 Å². The van der Waals surface area contributed by atoms with Gasteiger partial charge < -0.3 is 20.4 Å². The maximum absolute atomic E-state index is 10.9. The van der Waals surface area contributed by atoms with E-state index in [1.165, 1.54) is 13.0 Å². The first kappa shape index (κ1) is 18.1. The fraction of sp³-hybridized carbons (Fsp3) is 0.786. The van der Waals surface area contributed by atoms with Gasteiger partial charge in [-0.25, -0.2) is 4.79 Å². The normalized spacial score (nSPS) is 14.5. The van der Waals surface area contributed by atoms with Gasteiger partial charge in [0.15, 0.2) is 0 Å². The standard InChI is InChI=1S/C14H26O5/c1-3-4-5-6-12(8-15)14(9-16,10-17)7-11(2)13(18)19/h7,12,15-17H,3-6,8-10H2,1-2H3,(H,18,19). The van der Waals surface area contributed by atoms with Crippen molar-refractivity contribution in [1.82, 2.24) is 0 Å². The molecule has 4 N–H and O–H groups in total. The molecule has 0 aromatic heterocycles. The highest BCUT2D eigenvalue weighted by Crippen LogP contribution is 2.33. The Labute approximate surface area is 114 Å². The number of rotatable bonds is 10. The molecule has 0 fully saturated rings. The molecular weight excluding hydrogens is 248 g/mol. The second-order valence-corrected chi connectivity index (χ2v) is 5.06. The molecule has 112 valence electrons. The van der Waals surface area contributed by atoms with Gasteiger partial charge in [0.1, 0.15) is 0 Å². The molecular formula is C14H26O5. The molecule has 19 heavy (non-hydrogen) atoms. The van der Waals surface area contributed by atoms with Crippen LogP contribution >= 0.6 is 0 Å². The second kappa shape index (κ2) is 9.07. The Bertz CT molecular complexity index is 294. The Kier molecular flexibility index (Phi) is 8.63. The van der Waals surface area contributed by atoms with Gasteiger partial charge in [-0.3, -0.25) is 0 Å². The van der Waals surface area contributed by atoms with Gasteiger partial charge >= 0.3 is 5.97 Å². The predicted molar refractivity (Wildman–Crippen MR) is 72.7 cm³/mol. The summed E-state index contributed by atoms with van der Waals surface area (Å²) in [6.45, 7) is 2.53. The Balaban J connectivity index is 5.11. The molecule has 0 spiro atoms. The molecule has 0 heterocycles. The van der Waals surface area contributed by atoms with Gasteiger partial charge in [-0.2, -0.15) is 0 Å². The molecule has 1 unspecified atom stereocenters. The number of hydrogen-bond donors (Lipinski definition) is 4. The zero-order valence-electron chi connectivity index (χ0n) is 11.8. The Morgan fingerprint density at radius 3 is 2.16 bits per heavy atom. The molecule has 0 aromatic carbocycles. The first-order chi connectivity index (χ1) is 8.97. The molecule has 1 atom stereocenters. The minimum Gasteiger partial charge on any atom is -0.478 e. The van der Waals surface area contributed by atoms with Crippen LogP contribution in [-0.4, -0.2) is 46.2 Å². The van der Waals surface area contributed by atoms with E-state index in [0.29, 0.717) is 6.42 Å². The van der Waals surface area contributed by atoms with Crippen LogP contribution in [0.5, 0.6) is 0 Å². The SMILES string of the molecule is CCCCCC(CO)C(C=C(C)C(=O)O)(CO)CO. The maximum Gasteiger partial charge on any atom is 0.330 e. The second-order valence-electron chi connectivity index (χ2n) is 5.06. The van der Waals surface area contributed by atoms with E-state index in [1.807, 2.05) is 0 Å². The number of aliphatic hydroxyl groups is 3. The van der Waals surface area contributed by atoms with Gasteiger partial charge in [-0.1, -0.05) is 32.3 Å². The van der Waals surface area contributed by atoms with Crippen LogP contribution in [-0.2, 0) is 4.79 Å². The Hall–Kier alpha value is -0.910. The van der Waals surface area contributed by atoms with Crippen LogP contribution in [0.1, 0.15) is 39.5 Å². The number of aliphatic hydroxyl groups excluding tert-OH is 3. The fourth-order valence-corrected chi connectivity index (χ4v) is 2.21. The van der Waals surface area contributed by atoms with Crippen molar-refractivity contribution < 1.29 is 25.2 Å². The summed E-state index contributed by atoms with van der Waals surface area (Å²) >= 11 is 0. The first-order valence-corrected chi connectivity index (χ1v) is 6.72. The summed E-state index contributed by atoms with van der Waals surface area (Å²) < 4.78 is 0. The topological polar surface area (TPSA) is 98.0 Å². The van der Waals surface area contributed by atoms with E-state index >= 15 is 0 Å². The minimum absolute atomic E-state index is 0.0667. The van der Waals surface area contributed by atoms with E-state index in [9.17, 15) is 20.1 Å². The summed E-state index contributed by atoms with van der Waals surface area (Å²) in [4.78, 5) is 10.9. The zero-order valence-corrected chi connectivity index (χ0v) is 11.8. The van der Waals surface area contributed by atoms with Gasteiger partial charge in [0.25, 0.3) is 0 Å². The molecule has 0 aliphatic rings. The number of aliphatic carboxylic acids is 1. The molecule has 0 saturated carbocycles. The summed E-state index contributed by atoms with van der Waals surface area (Å²) in [5.41, 5.74) is -1.01. The van der Waals surface area contributed by atoms with Gasteiger partial charge in [0, 0.05) is 17.6 Å². The highest BCUT2D eigenvalue weighted by atomic mass is 16.4. The van der Waals surface area contributed by atoms with E-state index in [2.05, 4.69) is 6.92 Å². The highest BCUT2D eigenvalue weighted by molar-refractivity contribution is 5.85. The molecule has 0 rings (SSSR count). The molecule has 0 aromatic rings. The summed E-state index contributed by atoms with van der Waals surface area (Å²) in [5.74, 6) is -1.43. The number of unbranched alkanes of at least 4 members (excludes halogenated alkanes) is 2. The number of carbonyl (C=O) groups is 1. The van der Waals surface area contributed by atoms with Gasteiger partial charge in [0.2, 0.25) is 0 Å². The lowest BCUT2D eigenvalue weighted by Crippen LogP contribution is -2.39. The van der Waals surface area contributed by atoms with Crippen LogP contribution in [0, 0.1) is 11.3 Å². The average Bonchev–Trinajstić information content (AvgIpc) is 2.41. The lowest BCUT2D eigenvalue weighted by molar-refractivity contribution is -0.132. The quantitative estimate of drug-likeness (QED) is 0.354. The van der Waals surface area contributed by atoms with Crippen LogP contribution < -0.4 is 0 Å². The minimum atomic E-state index is -1.09. The molecule has 0 radical (unpaired) electrons. The van der Waals surface area contributed by atoms with E-state index in [4.69, 9.17) is 5.11 Å². The van der Waals surface area contributed by atoms with E-state index < -0.39 is 11.4 Å². The van der Waals surface area contributed by atoms with Crippen LogP contribution in [0.15, 0.2) is 11.6 Å². The molecule has 0 amide bonds. The molecule has 0 bridgehead atoms. The number of hydrogen-bond acceptors (Lipinski definition) is 4. The van der Waals surface area contributed by atoms with Crippen molar-refractivity contribution >= 4 is 5.97 Å². The predicted octanol–water partition coefficient (Wildman–Crippen LogP) is 1.18. The maximum atomic E-state index is 10.9. The lowest BCUT2D eigenvalue weighted by Gasteiger charge is -2.35. The van der Waals surface area contributed by atoms with Gasteiger partial charge in [0.05, 0.1) is 13.2 Å². The van der Waals surface area contributed by atoms with E-state index in [-0.39, 0.29) is 31.3 Å². The summed E-state index contributed by atoms with van der Waals surface area (Å²) in [6, 6.07) is 0. The van der Waals surface area contributed by atoms with Crippen LogP contribution in [0.25, 0.3) is 0 Å². The lowest BCUT2D eigenvalue weighted by atomic mass is 9.73. The molecule has 5 heteroatoms. The van der Waals surface area contributed by atoms with Gasteiger partial charge in [-0.15, -0.1) is 0 Å². The van der Waals surface area contributed by atoms with Gasteiger partial charge in [-0.05, 0) is 19.3 Å². The third-order valence-corrected chi connectivity index (χ3v) is 3.62. The monoisotopic (exact) mass is 274 g/mol.